The van der Waals surface area contributed by atoms with Gasteiger partial charge in [0.05, 0.1) is 0 Å². The molecule has 0 amide bonds. The quantitative estimate of drug-likeness (QED) is 0.311. The van der Waals surface area contributed by atoms with Gasteiger partial charge in [0.25, 0.3) is 0 Å². The Hall–Kier alpha value is -2.15. The minimum absolute atomic E-state index is 0.144. The Labute approximate surface area is 159 Å². The molecule has 1 aromatic rings. The van der Waals surface area contributed by atoms with E-state index in [2.05, 4.69) is 39.2 Å². The lowest BCUT2D eigenvalue weighted by Crippen LogP contribution is -1.99. The third-order valence-electron chi connectivity index (χ3n) is 4.47. The van der Waals surface area contributed by atoms with Gasteiger partial charge in [-0.05, 0) is 87.3 Å². The van der Waals surface area contributed by atoms with Gasteiger partial charge >= 0.3 is 0 Å². The molecule has 0 fully saturated rings. The van der Waals surface area contributed by atoms with Crippen LogP contribution in [-0.4, -0.2) is 0 Å². The van der Waals surface area contributed by atoms with Crippen molar-refractivity contribution < 1.29 is 4.39 Å². The van der Waals surface area contributed by atoms with E-state index in [1.807, 2.05) is 32.9 Å². The summed E-state index contributed by atoms with van der Waals surface area (Å²) in [5, 5.41) is 0. The zero-order valence-electron chi connectivity index (χ0n) is 17.1. The predicted molar refractivity (Wildman–Crippen MR) is 115 cm³/mol. The van der Waals surface area contributed by atoms with Crippen LogP contribution in [0, 0.1) is 19.7 Å². The first-order valence-corrected chi connectivity index (χ1v) is 9.42. The third-order valence-corrected chi connectivity index (χ3v) is 4.47. The number of halogens is 1. The normalized spacial score (nSPS) is 13.1. The first kappa shape index (κ1) is 21.9. The Balaban J connectivity index is 3.52. The van der Waals surface area contributed by atoms with Gasteiger partial charge in [-0.15, -0.1) is 6.58 Å². The van der Waals surface area contributed by atoms with E-state index in [4.69, 9.17) is 0 Å². The Morgan fingerprint density at radius 1 is 1.15 bits per heavy atom. The molecule has 140 valence electrons. The number of benzene rings is 1. The fraction of sp³-hybridized carbons (Fsp3) is 0.360. The molecular weight excluding hydrogens is 319 g/mol. The Kier molecular flexibility index (Phi) is 9.05. The summed E-state index contributed by atoms with van der Waals surface area (Å²) in [5.41, 5.74) is 7.14. The molecule has 1 heteroatoms. The van der Waals surface area contributed by atoms with Gasteiger partial charge in [-0.3, -0.25) is 0 Å². The Bertz CT molecular complexity index is 718. The van der Waals surface area contributed by atoms with Gasteiger partial charge in [0.15, 0.2) is 0 Å². The van der Waals surface area contributed by atoms with Crippen molar-refractivity contribution in [1.29, 1.82) is 0 Å². The minimum atomic E-state index is -0.144. The standard InChI is InChI=1S/C25H33F/c1-8-10-14-22(12-9-2)23(15-11-13-18(3)4)21(7)25-20(6)16-19(5)17-24(25)26/h9-10,12,14,16-17H,2-3,8,11,13,15H2,1,4-7H3/b14-10-,22-12+,23-21-. The van der Waals surface area contributed by atoms with Crippen LogP contribution in [0.5, 0.6) is 0 Å². The molecule has 0 saturated carbocycles. The van der Waals surface area contributed by atoms with Gasteiger partial charge in [0.2, 0.25) is 0 Å². The van der Waals surface area contributed by atoms with Crippen molar-refractivity contribution >= 4 is 5.57 Å². The second-order valence-electron chi connectivity index (χ2n) is 7.02. The molecule has 0 heterocycles. The van der Waals surface area contributed by atoms with E-state index in [0.717, 1.165) is 53.5 Å². The van der Waals surface area contributed by atoms with E-state index >= 15 is 0 Å². The van der Waals surface area contributed by atoms with Crippen molar-refractivity contribution in [3.8, 4) is 0 Å². The Morgan fingerprint density at radius 2 is 1.85 bits per heavy atom. The SMILES string of the molecule is C=C/C=C(\C=C/CC)C(/CCCC(=C)C)=C(/C)c1c(C)cc(C)cc1F. The third kappa shape index (κ3) is 6.29. The van der Waals surface area contributed by atoms with Crippen molar-refractivity contribution in [2.45, 2.75) is 60.3 Å². The zero-order valence-corrected chi connectivity index (χ0v) is 17.1. The fourth-order valence-electron chi connectivity index (χ4n) is 3.29. The molecule has 1 aromatic carbocycles. The number of aryl methyl sites for hydroxylation is 2. The first-order valence-electron chi connectivity index (χ1n) is 9.42. The van der Waals surface area contributed by atoms with Crippen LogP contribution < -0.4 is 0 Å². The average molecular weight is 353 g/mol. The molecule has 0 radical (unpaired) electrons. The second kappa shape index (κ2) is 10.8. The minimum Gasteiger partial charge on any atom is -0.206 e. The van der Waals surface area contributed by atoms with Crippen LogP contribution in [0.25, 0.3) is 5.57 Å². The molecule has 1 rings (SSSR count). The summed E-state index contributed by atoms with van der Waals surface area (Å²) in [7, 11) is 0. The monoisotopic (exact) mass is 352 g/mol. The topological polar surface area (TPSA) is 0 Å². The molecule has 0 nitrogen and oxygen atoms in total. The summed E-state index contributed by atoms with van der Waals surface area (Å²) in [6.07, 6.45) is 11.9. The van der Waals surface area contributed by atoms with Gasteiger partial charge in [-0.1, -0.05) is 49.4 Å². The van der Waals surface area contributed by atoms with Gasteiger partial charge in [0.1, 0.15) is 5.82 Å². The van der Waals surface area contributed by atoms with Gasteiger partial charge in [-0.2, -0.15) is 0 Å². The molecule has 0 atom stereocenters. The molecule has 0 N–H and O–H groups in total. The van der Waals surface area contributed by atoms with Crippen molar-refractivity contribution in [3.05, 3.63) is 88.8 Å². The highest BCUT2D eigenvalue weighted by molar-refractivity contribution is 5.74. The van der Waals surface area contributed by atoms with Gasteiger partial charge in [-0.25, -0.2) is 4.39 Å². The summed E-state index contributed by atoms with van der Waals surface area (Å²) >= 11 is 0. The van der Waals surface area contributed by atoms with Crippen LogP contribution in [-0.2, 0) is 0 Å². The van der Waals surface area contributed by atoms with Crippen LogP contribution in [0.1, 0.15) is 63.1 Å². The summed E-state index contributed by atoms with van der Waals surface area (Å²) in [6.45, 7) is 18.0. The summed E-state index contributed by atoms with van der Waals surface area (Å²) in [6, 6.07) is 3.67. The van der Waals surface area contributed by atoms with Crippen LogP contribution in [0.2, 0.25) is 0 Å². The first-order chi connectivity index (χ1) is 12.3. The molecule has 0 aromatic heterocycles. The van der Waals surface area contributed by atoms with Gasteiger partial charge < -0.3 is 0 Å². The number of hydrogen-bond donors (Lipinski definition) is 0. The molecule has 0 aliphatic heterocycles. The van der Waals surface area contributed by atoms with Crippen molar-refractivity contribution in [1.82, 2.24) is 0 Å². The lowest BCUT2D eigenvalue weighted by Gasteiger charge is -2.17. The van der Waals surface area contributed by atoms with Crippen LogP contribution >= 0.6 is 0 Å². The smallest absolute Gasteiger partial charge is 0.131 e. The molecule has 0 aliphatic rings. The molecular formula is C25H33F. The molecule has 0 saturated heterocycles. The van der Waals surface area contributed by atoms with Crippen LogP contribution in [0.4, 0.5) is 4.39 Å². The molecule has 0 spiro atoms. The predicted octanol–water partition coefficient (Wildman–Crippen LogP) is 8.04. The molecule has 26 heavy (non-hydrogen) atoms. The van der Waals surface area contributed by atoms with E-state index in [-0.39, 0.29) is 5.82 Å². The number of hydrogen-bond acceptors (Lipinski definition) is 0. The maximum Gasteiger partial charge on any atom is 0.131 e. The largest absolute Gasteiger partial charge is 0.206 e. The summed E-state index contributed by atoms with van der Waals surface area (Å²) in [4.78, 5) is 0. The van der Waals surface area contributed by atoms with Crippen molar-refractivity contribution in [2.24, 2.45) is 0 Å². The highest BCUT2D eigenvalue weighted by Crippen LogP contribution is 2.32. The molecule has 0 aliphatic carbocycles. The average Bonchev–Trinajstić information content (AvgIpc) is 2.54. The van der Waals surface area contributed by atoms with Crippen molar-refractivity contribution in [2.75, 3.05) is 0 Å². The van der Waals surface area contributed by atoms with E-state index in [1.54, 1.807) is 12.1 Å². The lowest BCUT2D eigenvalue weighted by atomic mass is 9.88. The second-order valence-corrected chi connectivity index (χ2v) is 7.02. The van der Waals surface area contributed by atoms with E-state index in [0.29, 0.717) is 0 Å². The van der Waals surface area contributed by atoms with Gasteiger partial charge in [0, 0.05) is 5.56 Å². The van der Waals surface area contributed by atoms with E-state index < -0.39 is 0 Å². The molecule has 0 bridgehead atoms. The highest BCUT2D eigenvalue weighted by Gasteiger charge is 2.14. The number of allylic oxidation sites excluding steroid dienone is 8. The number of rotatable bonds is 9. The lowest BCUT2D eigenvalue weighted by molar-refractivity contribution is 0.621. The summed E-state index contributed by atoms with van der Waals surface area (Å²) < 4.78 is 14.8. The van der Waals surface area contributed by atoms with E-state index in [1.165, 1.54) is 11.1 Å². The maximum atomic E-state index is 14.8. The van der Waals surface area contributed by atoms with Crippen LogP contribution in [0.3, 0.4) is 0 Å². The molecule has 0 unspecified atom stereocenters. The Morgan fingerprint density at radius 3 is 2.38 bits per heavy atom. The van der Waals surface area contributed by atoms with Crippen LogP contribution in [0.15, 0.2) is 66.3 Å². The fourth-order valence-corrected chi connectivity index (χ4v) is 3.29. The zero-order chi connectivity index (χ0) is 19.7. The highest BCUT2D eigenvalue weighted by atomic mass is 19.1. The van der Waals surface area contributed by atoms with Crippen molar-refractivity contribution in [3.63, 3.8) is 0 Å². The summed E-state index contributed by atoms with van der Waals surface area (Å²) in [5.74, 6) is -0.144. The van der Waals surface area contributed by atoms with E-state index in [9.17, 15) is 4.39 Å². The maximum absolute atomic E-state index is 14.8.